The van der Waals surface area contributed by atoms with Gasteiger partial charge >= 0.3 is 11.9 Å². The molecule has 4 heteroatoms. The van der Waals surface area contributed by atoms with Crippen molar-refractivity contribution < 1.29 is 19.8 Å². The minimum absolute atomic E-state index is 0.00569. The van der Waals surface area contributed by atoms with Gasteiger partial charge < -0.3 is 10.2 Å². The van der Waals surface area contributed by atoms with Crippen molar-refractivity contribution in [2.75, 3.05) is 0 Å². The Hall–Kier alpha value is -2.10. The molecule has 0 aliphatic rings. The third-order valence-corrected chi connectivity index (χ3v) is 2.70. The lowest BCUT2D eigenvalue weighted by molar-refractivity contribution is -0.139. The molecule has 1 aromatic carbocycles. The number of rotatable bonds is 6. The van der Waals surface area contributed by atoms with E-state index in [0.29, 0.717) is 18.4 Å². The van der Waals surface area contributed by atoms with Crippen molar-refractivity contribution in [3.63, 3.8) is 0 Å². The van der Waals surface area contributed by atoms with Gasteiger partial charge in [-0.15, -0.1) is 0 Å². The van der Waals surface area contributed by atoms with Crippen molar-refractivity contribution in [2.24, 2.45) is 0 Å². The zero-order chi connectivity index (χ0) is 13.5. The quantitative estimate of drug-likeness (QED) is 0.758. The normalized spacial score (nSPS) is 11.8. The van der Waals surface area contributed by atoms with Crippen molar-refractivity contribution >= 4 is 11.9 Å². The maximum Gasteiger partial charge on any atom is 0.332 e. The summed E-state index contributed by atoms with van der Waals surface area (Å²) in [5.41, 5.74) is 1.64. The third-order valence-electron chi connectivity index (χ3n) is 2.70. The van der Waals surface area contributed by atoms with Gasteiger partial charge in [0.2, 0.25) is 0 Å². The van der Waals surface area contributed by atoms with Gasteiger partial charge in [0.15, 0.2) is 0 Å². The summed E-state index contributed by atoms with van der Waals surface area (Å²) in [7, 11) is 0. The molecule has 0 heterocycles. The molecular formula is C14H16O4. The van der Waals surface area contributed by atoms with Crippen LogP contribution in [0.2, 0.25) is 0 Å². The second-order valence-electron chi connectivity index (χ2n) is 3.97. The van der Waals surface area contributed by atoms with Gasteiger partial charge in [0, 0.05) is 5.57 Å². The van der Waals surface area contributed by atoms with Gasteiger partial charge in [-0.1, -0.05) is 42.8 Å². The Morgan fingerprint density at radius 3 is 2.17 bits per heavy atom. The molecule has 0 unspecified atom stereocenters. The molecule has 96 valence electrons. The van der Waals surface area contributed by atoms with Crippen LogP contribution in [0.1, 0.15) is 25.3 Å². The van der Waals surface area contributed by atoms with Gasteiger partial charge in [-0.05, 0) is 18.4 Å². The molecule has 0 atom stereocenters. The van der Waals surface area contributed by atoms with Crippen LogP contribution in [0, 0.1) is 0 Å². The van der Waals surface area contributed by atoms with E-state index in [1.807, 2.05) is 37.3 Å². The molecule has 1 aromatic rings. The topological polar surface area (TPSA) is 74.6 Å². The van der Waals surface area contributed by atoms with Crippen molar-refractivity contribution in [3.05, 3.63) is 47.0 Å². The molecule has 4 nitrogen and oxygen atoms in total. The molecule has 0 radical (unpaired) electrons. The van der Waals surface area contributed by atoms with Crippen LogP contribution in [-0.4, -0.2) is 22.2 Å². The van der Waals surface area contributed by atoms with Crippen molar-refractivity contribution in [2.45, 2.75) is 26.2 Å². The highest BCUT2D eigenvalue weighted by Crippen LogP contribution is 2.18. The van der Waals surface area contributed by atoms with E-state index < -0.39 is 18.4 Å². The first kappa shape index (κ1) is 14.0. The summed E-state index contributed by atoms with van der Waals surface area (Å²) >= 11 is 0. The Labute approximate surface area is 106 Å². The van der Waals surface area contributed by atoms with Gasteiger partial charge in [-0.3, -0.25) is 4.79 Å². The average molecular weight is 248 g/mol. The van der Waals surface area contributed by atoms with Crippen LogP contribution in [0.25, 0.3) is 0 Å². The fourth-order valence-corrected chi connectivity index (χ4v) is 1.79. The molecule has 0 bridgehead atoms. The number of carbonyl (C=O) groups is 2. The predicted molar refractivity (Wildman–Crippen MR) is 67.4 cm³/mol. The fourth-order valence-electron chi connectivity index (χ4n) is 1.79. The highest BCUT2D eigenvalue weighted by Gasteiger charge is 2.16. The summed E-state index contributed by atoms with van der Waals surface area (Å²) in [4.78, 5) is 21.8. The van der Waals surface area contributed by atoms with Crippen LogP contribution in [0.5, 0.6) is 0 Å². The second kappa shape index (κ2) is 6.59. The lowest BCUT2D eigenvalue weighted by Gasteiger charge is -2.09. The SMILES string of the molecule is CCC(Cc1ccccc1)=C(CC(=O)O)C(=O)O. The van der Waals surface area contributed by atoms with E-state index in [2.05, 4.69) is 0 Å². The maximum atomic E-state index is 11.1. The molecule has 0 fully saturated rings. The number of aliphatic carboxylic acids is 2. The van der Waals surface area contributed by atoms with Crippen molar-refractivity contribution in [1.29, 1.82) is 0 Å². The standard InChI is InChI=1S/C14H16O4/c1-2-11(8-10-6-4-3-5-7-10)12(14(17)18)9-13(15)16/h3-7H,2,8-9H2,1H3,(H,15,16)(H,17,18). The van der Waals surface area contributed by atoms with Gasteiger partial charge in [0.1, 0.15) is 0 Å². The summed E-state index contributed by atoms with van der Waals surface area (Å²) < 4.78 is 0. The highest BCUT2D eigenvalue weighted by molar-refractivity contribution is 5.93. The van der Waals surface area contributed by atoms with Gasteiger partial charge in [0.25, 0.3) is 0 Å². The van der Waals surface area contributed by atoms with Gasteiger partial charge in [-0.25, -0.2) is 4.79 Å². The summed E-state index contributed by atoms with van der Waals surface area (Å²) in [5.74, 6) is -2.27. The molecule has 0 saturated carbocycles. The molecular weight excluding hydrogens is 232 g/mol. The Morgan fingerprint density at radius 2 is 1.72 bits per heavy atom. The zero-order valence-electron chi connectivity index (χ0n) is 10.2. The van der Waals surface area contributed by atoms with E-state index in [4.69, 9.17) is 10.2 Å². The van der Waals surface area contributed by atoms with E-state index in [1.165, 1.54) is 0 Å². The van der Waals surface area contributed by atoms with E-state index in [-0.39, 0.29) is 5.57 Å². The summed E-state index contributed by atoms with van der Waals surface area (Å²) in [5, 5.41) is 17.8. The van der Waals surface area contributed by atoms with E-state index in [0.717, 1.165) is 5.56 Å². The fraction of sp³-hybridized carbons (Fsp3) is 0.286. The molecule has 2 N–H and O–H groups in total. The number of carboxylic acid groups (broad SMARTS) is 2. The molecule has 0 aliphatic carbocycles. The van der Waals surface area contributed by atoms with Crippen LogP contribution < -0.4 is 0 Å². The zero-order valence-corrected chi connectivity index (χ0v) is 10.2. The third kappa shape index (κ3) is 4.05. The molecule has 0 spiro atoms. The van der Waals surface area contributed by atoms with Crippen LogP contribution >= 0.6 is 0 Å². The van der Waals surface area contributed by atoms with Crippen LogP contribution in [0.3, 0.4) is 0 Å². The number of allylic oxidation sites excluding steroid dienone is 1. The minimum atomic E-state index is -1.15. The Kier molecular flexibility index (Phi) is 5.11. The number of carboxylic acids is 2. The van der Waals surface area contributed by atoms with Crippen molar-refractivity contribution in [1.82, 2.24) is 0 Å². The highest BCUT2D eigenvalue weighted by atomic mass is 16.4. The van der Waals surface area contributed by atoms with E-state index in [9.17, 15) is 9.59 Å². The van der Waals surface area contributed by atoms with Crippen LogP contribution in [-0.2, 0) is 16.0 Å². The molecule has 18 heavy (non-hydrogen) atoms. The second-order valence-corrected chi connectivity index (χ2v) is 3.97. The Balaban J connectivity index is 3.03. The van der Waals surface area contributed by atoms with Gasteiger partial charge in [0.05, 0.1) is 6.42 Å². The summed E-state index contributed by atoms with van der Waals surface area (Å²) in [6.45, 7) is 1.84. The summed E-state index contributed by atoms with van der Waals surface area (Å²) in [6.07, 6.45) is 0.571. The van der Waals surface area contributed by atoms with E-state index >= 15 is 0 Å². The molecule has 0 aromatic heterocycles. The Bertz CT molecular complexity index is 460. The number of hydrogen-bond donors (Lipinski definition) is 2. The minimum Gasteiger partial charge on any atom is -0.481 e. The first-order chi connectivity index (χ1) is 8.54. The first-order valence-electron chi connectivity index (χ1n) is 5.74. The van der Waals surface area contributed by atoms with Crippen molar-refractivity contribution in [3.8, 4) is 0 Å². The predicted octanol–water partition coefficient (Wildman–Crippen LogP) is 2.49. The average Bonchev–Trinajstić information content (AvgIpc) is 2.34. The molecule has 0 aliphatic heterocycles. The number of benzene rings is 1. The molecule has 1 rings (SSSR count). The lowest BCUT2D eigenvalue weighted by atomic mass is 9.96. The van der Waals surface area contributed by atoms with Crippen LogP contribution in [0.4, 0.5) is 0 Å². The molecule has 0 amide bonds. The Morgan fingerprint density at radius 1 is 1.11 bits per heavy atom. The largest absolute Gasteiger partial charge is 0.481 e. The lowest BCUT2D eigenvalue weighted by Crippen LogP contribution is -2.11. The van der Waals surface area contributed by atoms with Crippen LogP contribution in [0.15, 0.2) is 41.5 Å². The number of hydrogen-bond acceptors (Lipinski definition) is 2. The monoisotopic (exact) mass is 248 g/mol. The van der Waals surface area contributed by atoms with Gasteiger partial charge in [-0.2, -0.15) is 0 Å². The van der Waals surface area contributed by atoms with E-state index in [1.54, 1.807) is 0 Å². The maximum absolute atomic E-state index is 11.1. The summed E-state index contributed by atoms with van der Waals surface area (Å²) in [6, 6.07) is 9.43. The smallest absolute Gasteiger partial charge is 0.332 e. The first-order valence-corrected chi connectivity index (χ1v) is 5.74. The molecule has 0 saturated heterocycles.